The molecule has 0 radical (unpaired) electrons. The zero-order valence-corrected chi connectivity index (χ0v) is 37.7. The first-order chi connectivity index (χ1) is 28.3. The predicted octanol–water partition coefficient (Wildman–Crippen LogP) is 10.5. The van der Waals surface area contributed by atoms with Gasteiger partial charge in [-0.1, -0.05) is 90.9 Å². The van der Waals surface area contributed by atoms with Crippen molar-refractivity contribution in [2.75, 3.05) is 19.8 Å². The summed E-state index contributed by atoms with van der Waals surface area (Å²) in [6, 6.07) is 0.634. The number of aryl methyl sites for hydroxylation is 5. The Hall–Kier alpha value is -2.96. The van der Waals surface area contributed by atoms with Crippen LogP contribution in [0.15, 0.2) is 14.9 Å². The number of hydrogen-bond acceptors (Lipinski definition) is 11. The van der Waals surface area contributed by atoms with Gasteiger partial charge in [-0.25, -0.2) is 4.57 Å². The van der Waals surface area contributed by atoms with Crippen LogP contribution in [0.3, 0.4) is 0 Å². The third-order valence-corrected chi connectivity index (χ3v) is 11.7. The van der Waals surface area contributed by atoms with Crippen molar-refractivity contribution in [3.05, 3.63) is 45.8 Å². The molecule has 0 aliphatic heterocycles. The maximum atomic E-state index is 12.7. The van der Waals surface area contributed by atoms with Gasteiger partial charge in [-0.15, -0.1) is 0 Å². The fourth-order valence-corrected chi connectivity index (χ4v) is 7.63. The number of ether oxygens (including phenoxy) is 2. The Bertz CT molecular complexity index is 1530. The number of hydrogen-bond donors (Lipinski definition) is 3. The number of carboxylic acids is 1. The van der Waals surface area contributed by atoms with Crippen molar-refractivity contribution in [1.29, 1.82) is 0 Å². The highest BCUT2D eigenvalue weighted by atomic mass is 31.2. The molecule has 0 bridgehead atoms. The van der Waals surface area contributed by atoms with E-state index in [1.54, 1.807) is 0 Å². The molecule has 13 nitrogen and oxygen atoms in total. The molecule has 2 rings (SSSR count). The molecule has 0 aliphatic rings. The standard InChI is InChI=1S/C45H76NO12P/c1-6-8-18-24-37-30-34(3)40(56-37)25-20-14-10-12-16-22-28-43(47)53-31-38(32-54-59(51,52)55-33-39(46)45(49)50)57-44(48)29-23-17-13-11-15-21-27-42-36(5)35(4)41(58-42)26-19-9-7-2/h30,38-39H,6-29,31-33,46H2,1-5H3,(H,49,50)(H,51,52). The Balaban J connectivity index is 1.69. The van der Waals surface area contributed by atoms with E-state index in [4.69, 9.17) is 33.7 Å². The molecule has 0 amide bonds. The van der Waals surface area contributed by atoms with Gasteiger partial charge in [0, 0.05) is 38.5 Å². The number of nitrogens with two attached hydrogens (primary N) is 1. The van der Waals surface area contributed by atoms with Gasteiger partial charge in [0.15, 0.2) is 6.10 Å². The van der Waals surface area contributed by atoms with E-state index in [-0.39, 0.29) is 19.4 Å². The largest absolute Gasteiger partial charge is 0.480 e. The highest BCUT2D eigenvalue weighted by Crippen LogP contribution is 2.43. The van der Waals surface area contributed by atoms with Crippen molar-refractivity contribution in [2.24, 2.45) is 5.73 Å². The van der Waals surface area contributed by atoms with Gasteiger partial charge < -0.3 is 34.0 Å². The number of unbranched alkanes of at least 4 members (excludes halogenated alkanes) is 14. The van der Waals surface area contributed by atoms with Crippen molar-refractivity contribution in [3.8, 4) is 0 Å². The fraction of sp³-hybridized carbons (Fsp3) is 0.756. The Labute approximate surface area is 353 Å². The quantitative estimate of drug-likeness (QED) is 0.0333. The summed E-state index contributed by atoms with van der Waals surface area (Å²) in [6.07, 6.45) is 21.3. The molecule has 0 aliphatic carbocycles. The molecule has 59 heavy (non-hydrogen) atoms. The molecule has 2 aromatic heterocycles. The lowest BCUT2D eigenvalue weighted by atomic mass is 10.0. The smallest absolute Gasteiger partial charge is 0.472 e. The van der Waals surface area contributed by atoms with Gasteiger partial charge in [0.05, 0.1) is 13.2 Å². The fourth-order valence-electron chi connectivity index (χ4n) is 6.85. The lowest BCUT2D eigenvalue weighted by molar-refractivity contribution is -0.161. The maximum absolute atomic E-state index is 12.7. The van der Waals surface area contributed by atoms with E-state index >= 15 is 0 Å². The molecule has 338 valence electrons. The van der Waals surface area contributed by atoms with E-state index in [1.807, 2.05) is 0 Å². The number of rotatable bonds is 36. The van der Waals surface area contributed by atoms with Crippen molar-refractivity contribution in [3.63, 3.8) is 0 Å². The topological polar surface area (TPSA) is 198 Å². The number of phosphoric ester groups is 1. The second-order valence-corrected chi connectivity index (χ2v) is 17.4. The SMILES string of the molecule is CCCCCc1cc(C)c(CCCCCCCCC(=O)OCC(COP(=O)(O)OCC(N)C(=O)O)OC(=O)CCCCCCCCc2oc(CCCCC)c(C)c2C)o1. The van der Waals surface area contributed by atoms with E-state index in [1.165, 1.54) is 42.4 Å². The van der Waals surface area contributed by atoms with Crippen molar-refractivity contribution in [1.82, 2.24) is 0 Å². The summed E-state index contributed by atoms with van der Waals surface area (Å²) in [6.45, 7) is 9.05. The zero-order valence-electron chi connectivity index (χ0n) is 36.8. The predicted molar refractivity (Wildman–Crippen MR) is 228 cm³/mol. The molecule has 0 saturated carbocycles. The average Bonchev–Trinajstić information content (AvgIpc) is 3.69. The minimum Gasteiger partial charge on any atom is -0.480 e. The van der Waals surface area contributed by atoms with Crippen LogP contribution in [0, 0.1) is 20.8 Å². The molecule has 2 aromatic rings. The van der Waals surface area contributed by atoms with E-state index < -0.39 is 51.1 Å². The Kier molecular flexibility index (Phi) is 26.6. The van der Waals surface area contributed by atoms with Gasteiger partial charge in [0.1, 0.15) is 35.7 Å². The van der Waals surface area contributed by atoms with Crippen molar-refractivity contribution >= 4 is 25.7 Å². The number of carbonyl (C=O) groups excluding carboxylic acids is 2. The molecule has 4 N–H and O–H groups in total. The summed E-state index contributed by atoms with van der Waals surface area (Å²) >= 11 is 0. The van der Waals surface area contributed by atoms with Crippen molar-refractivity contribution < 1.29 is 56.3 Å². The average molecular weight is 854 g/mol. The summed E-state index contributed by atoms with van der Waals surface area (Å²) in [4.78, 5) is 46.3. The molecule has 2 heterocycles. The summed E-state index contributed by atoms with van der Waals surface area (Å²) in [5.74, 6) is 1.95. The number of aliphatic carboxylic acids is 1. The third kappa shape index (κ3) is 23.0. The summed E-state index contributed by atoms with van der Waals surface area (Å²) in [7, 11) is -4.75. The highest BCUT2D eigenvalue weighted by molar-refractivity contribution is 7.47. The van der Waals surface area contributed by atoms with Gasteiger partial charge in [-0.05, 0) is 82.1 Å². The minimum atomic E-state index is -4.75. The van der Waals surface area contributed by atoms with Crippen LogP contribution in [-0.2, 0) is 63.2 Å². The number of furan rings is 2. The molecule has 0 spiro atoms. The number of phosphoric acid groups is 1. The minimum absolute atomic E-state index is 0.123. The second-order valence-electron chi connectivity index (χ2n) is 16.0. The van der Waals surface area contributed by atoms with E-state index in [0.29, 0.717) is 12.8 Å². The number of carbonyl (C=O) groups is 3. The lowest BCUT2D eigenvalue weighted by Crippen LogP contribution is -2.34. The van der Waals surface area contributed by atoms with Crippen LogP contribution in [-0.4, -0.2) is 59.9 Å². The molecular formula is C45H76NO12P. The van der Waals surface area contributed by atoms with Crippen LogP contribution in [0.5, 0.6) is 0 Å². The van der Waals surface area contributed by atoms with Crippen LogP contribution in [0.25, 0.3) is 0 Å². The Morgan fingerprint density at radius 2 is 1.12 bits per heavy atom. The van der Waals surface area contributed by atoms with E-state index in [9.17, 15) is 23.8 Å². The van der Waals surface area contributed by atoms with Gasteiger partial charge in [-0.2, -0.15) is 0 Å². The first-order valence-electron chi connectivity index (χ1n) is 22.4. The van der Waals surface area contributed by atoms with E-state index in [0.717, 1.165) is 126 Å². The Morgan fingerprint density at radius 3 is 1.68 bits per heavy atom. The molecule has 3 unspecified atom stereocenters. The van der Waals surface area contributed by atoms with Gasteiger partial charge >= 0.3 is 25.7 Å². The molecule has 0 saturated heterocycles. The molecular weight excluding hydrogens is 777 g/mol. The van der Waals surface area contributed by atoms with Crippen LogP contribution < -0.4 is 5.73 Å². The van der Waals surface area contributed by atoms with Crippen LogP contribution in [0.2, 0.25) is 0 Å². The van der Waals surface area contributed by atoms with Gasteiger partial charge in [0.2, 0.25) is 0 Å². The monoisotopic (exact) mass is 854 g/mol. The molecule has 0 fully saturated rings. The summed E-state index contributed by atoms with van der Waals surface area (Å²) in [5, 5.41) is 8.92. The van der Waals surface area contributed by atoms with Crippen LogP contribution in [0.4, 0.5) is 0 Å². The van der Waals surface area contributed by atoms with Gasteiger partial charge in [-0.3, -0.25) is 23.4 Å². The van der Waals surface area contributed by atoms with Gasteiger partial charge in [0.25, 0.3) is 0 Å². The zero-order chi connectivity index (χ0) is 43.5. The van der Waals surface area contributed by atoms with Crippen LogP contribution in [0.1, 0.15) is 182 Å². The third-order valence-electron chi connectivity index (χ3n) is 10.7. The summed E-state index contributed by atoms with van der Waals surface area (Å²) in [5.41, 5.74) is 9.13. The number of carboxylic acid groups (broad SMARTS) is 1. The van der Waals surface area contributed by atoms with Crippen LogP contribution >= 0.6 is 7.82 Å². The first-order valence-corrected chi connectivity index (χ1v) is 23.9. The lowest BCUT2D eigenvalue weighted by Gasteiger charge is -2.20. The number of esters is 2. The first kappa shape index (κ1) is 52.2. The highest BCUT2D eigenvalue weighted by Gasteiger charge is 2.28. The van der Waals surface area contributed by atoms with E-state index in [2.05, 4.69) is 45.2 Å². The molecule has 3 atom stereocenters. The maximum Gasteiger partial charge on any atom is 0.472 e. The normalized spacial score (nSPS) is 13.6. The second kappa shape index (κ2) is 30.1. The molecule has 0 aromatic carbocycles. The molecule has 14 heteroatoms. The van der Waals surface area contributed by atoms with Crippen molar-refractivity contribution in [2.45, 2.75) is 201 Å². The summed E-state index contributed by atoms with van der Waals surface area (Å²) < 4.78 is 45.1. The Morgan fingerprint density at radius 1 is 0.644 bits per heavy atom.